The van der Waals surface area contributed by atoms with Gasteiger partial charge in [-0.2, -0.15) is 4.98 Å². The van der Waals surface area contributed by atoms with Crippen molar-refractivity contribution in [3.63, 3.8) is 0 Å². The molecule has 3 aromatic carbocycles. The summed E-state index contributed by atoms with van der Waals surface area (Å²) in [4.78, 5) is 9.22. The predicted molar refractivity (Wildman–Crippen MR) is 125 cm³/mol. The Morgan fingerprint density at radius 2 is 1.76 bits per heavy atom. The van der Waals surface area contributed by atoms with Crippen LogP contribution in [0.5, 0.6) is 0 Å². The highest BCUT2D eigenvalue weighted by molar-refractivity contribution is 5.99. The van der Waals surface area contributed by atoms with Gasteiger partial charge in [0.1, 0.15) is 23.1 Å². The van der Waals surface area contributed by atoms with E-state index in [4.69, 9.17) is 10.7 Å². The molecular weight excluding hydrogens is 422 g/mol. The number of halogens is 2. The van der Waals surface area contributed by atoms with Crippen molar-refractivity contribution in [1.82, 2.24) is 19.7 Å². The van der Waals surface area contributed by atoms with Gasteiger partial charge in [-0.15, -0.1) is 5.10 Å². The molecule has 0 fully saturated rings. The van der Waals surface area contributed by atoms with Crippen molar-refractivity contribution in [2.45, 2.75) is 13.5 Å². The van der Waals surface area contributed by atoms with Crippen LogP contribution in [0.25, 0.3) is 28.0 Å². The first-order valence-electron chi connectivity index (χ1n) is 10.4. The summed E-state index contributed by atoms with van der Waals surface area (Å²) in [7, 11) is 0. The third-order valence-corrected chi connectivity index (χ3v) is 5.29. The van der Waals surface area contributed by atoms with Crippen molar-refractivity contribution < 1.29 is 8.78 Å². The highest BCUT2D eigenvalue weighted by Crippen LogP contribution is 2.33. The van der Waals surface area contributed by atoms with Gasteiger partial charge in [0.2, 0.25) is 5.95 Å². The topological polar surface area (TPSA) is 81.7 Å². The lowest BCUT2D eigenvalue weighted by atomic mass is 10.1. The first kappa shape index (κ1) is 20.6. The molecule has 0 spiro atoms. The van der Waals surface area contributed by atoms with Crippen LogP contribution in [0, 0.1) is 18.6 Å². The molecule has 0 aliphatic heterocycles. The number of aromatic nitrogens is 4. The summed E-state index contributed by atoms with van der Waals surface area (Å²) in [5, 5.41) is 8.09. The van der Waals surface area contributed by atoms with Crippen molar-refractivity contribution in [1.29, 1.82) is 0 Å². The molecule has 0 radical (unpaired) electrons. The Morgan fingerprint density at radius 1 is 0.939 bits per heavy atom. The smallest absolute Gasteiger partial charge is 0.225 e. The van der Waals surface area contributed by atoms with E-state index in [0.717, 1.165) is 39.6 Å². The van der Waals surface area contributed by atoms with Crippen LogP contribution in [0.15, 0.2) is 72.8 Å². The molecule has 2 aromatic heterocycles. The average Bonchev–Trinajstić information content (AvgIpc) is 3.15. The Kier molecular flexibility index (Phi) is 5.18. The molecule has 0 amide bonds. The lowest BCUT2D eigenvalue weighted by Gasteiger charge is -2.09. The van der Waals surface area contributed by atoms with E-state index in [-0.39, 0.29) is 17.2 Å². The molecule has 0 aliphatic rings. The summed E-state index contributed by atoms with van der Waals surface area (Å²) in [5.74, 6) is -0.767. The van der Waals surface area contributed by atoms with Crippen LogP contribution in [0.4, 0.5) is 20.5 Å². The highest BCUT2D eigenvalue weighted by atomic mass is 19.1. The van der Waals surface area contributed by atoms with Crippen molar-refractivity contribution in [2.24, 2.45) is 0 Å². The van der Waals surface area contributed by atoms with Gasteiger partial charge in [-0.1, -0.05) is 54.1 Å². The normalized spacial score (nSPS) is 11.1. The summed E-state index contributed by atoms with van der Waals surface area (Å²) in [5.41, 5.74) is 10.0. The monoisotopic (exact) mass is 442 g/mol. The van der Waals surface area contributed by atoms with Gasteiger partial charge in [-0.3, -0.25) is 0 Å². The molecule has 5 aromatic rings. The molecule has 0 aliphatic carbocycles. The minimum Gasteiger partial charge on any atom is -0.383 e. The van der Waals surface area contributed by atoms with Crippen LogP contribution in [0.1, 0.15) is 11.1 Å². The fourth-order valence-electron chi connectivity index (χ4n) is 3.70. The molecule has 2 heterocycles. The molecule has 0 saturated carbocycles. The van der Waals surface area contributed by atoms with Gasteiger partial charge in [0, 0.05) is 18.2 Å². The van der Waals surface area contributed by atoms with Crippen LogP contribution in [0.3, 0.4) is 0 Å². The second-order valence-corrected chi connectivity index (χ2v) is 7.70. The lowest BCUT2D eigenvalue weighted by molar-refractivity contribution is 0.588. The number of rotatable bonds is 5. The molecule has 3 N–H and O–H groups in total. The number of benzene rings is 3. The van der Waals surface area contributed by atoms with Crippen LogP contribution in [-0.4, -0.2) is 19.7 Å². The number of aryl methyl sites for hydroxylation is 1. The van der Waals surface area contributed by atoms with E-state index in [9.17, 15) is 8.78 Å². The first-order chi connectivity index (χ1) is 16.0. The standard InChI is InChI=1S/C25H20F2N6/c1-15-6-5-9-17(12-15)22-21-23(28)33(20-13-18(26)10-11-19(20)27)32-24(21)31-25(30-22)29-14-16-7-3-2-4-8-16/h2-13H,14,28H2,1H3,(H,29,31,32). The van der Waals surface area contributed by atoms with Crippen LogP contribution < -0.4 is 11.1 Å². The van der Waals surface area contributed by atoms with Crippen LogP contribution in [0.2, 0.25) is 0 Å². The summed E-state index contributed by atoms with van der Waals surface area (Å²) in [6, 6.07) is 20.8. The number of nitrogens with one attached hydrogen (secondary N) is 1. The maximum absolute atomic E-state index is 14.5. The van der Waals surface area contributed by atoms with Crippen LogP contribution >= 0.6 is 0 Å². The third-order valence-electron chi connectivity index (χ3n) is 5.29. The third kappa shape index (κ3) is 3.98. The summed E-state index contributed by atoms with van der Waals surface area (Å²) in [6.07, 6.45) is 0. The number of anilines is 2. The Hall–Kier alpha value is -4.33. The fraction of sp³-hybridized carbons (Fsp3) is 0.0800. The highest BCUT2D eigenvalue weighted by Gasteiger charge is 2.21. The van der Waals surface area contributed by atoms with E-state index in [1.54, 1.807) is 0 Å². The lowest BCUT2D eigenvalue weighted by Crippen LogP contribution is -2.05. The van der Waals surface area contributed by atoms with Crippen molar-refractivity contribution in [2.75, 3.05) is 11.1 Å². The van der Waals surface area contributed by atoms with Gasteiger partial charge in [0.15, 0.2) is 5.65 Å². The zero-order valence-electron chi connectivity index (χ0n) is 17.8. The second-order valence-electron chi connectivity index (χ2n) is 7.70. The Bertz CT molecular complexity index is 1460. The summed E-state index contributed by atoms with van der Waals surface area (Å²) >= 11 is 0. The van der Waals surface area contributed by atoms with Crippen molar-refractivity contribution >= 4 is 22.8 Å². The molecule has 33 heavy (non-hydrogen) atoms. The molecular formula is C25H20F2N6. The number of nitrogens with two attached hydrogens (primary N) is 1. The number of fused-ring (bicyclic) bond motifs is 1. The number of hydrogen-bond donors (Lipinski definition) is 2. The minimum absolute atomic E-state index is 0.0977. The zero-order valence-corrected chi connectivity index (χ0v) is 17.8. The predicted octanol–water partition coefficient (Wildman–Crippen LogP) is 5.26. The maximum Gasteiger partial charge on any atom is 0.225 e. The molecule has 164 valence electrons. The molecule has 0 bridgehead atoms. The second kappa shape index (κ2) is 8.31. The molecule has 0 unspecified atom stereocenters. The molecule has 5 rings (SSSR count). The molecule has 8 heteroatoms. The van der Waals surface area contributed by atoms with Crippen molar-refractivity contribution in [3.8, 4) is 16.9 Å². The molecule has 6 nitrogen and oxygen atoms in total. The molecule has 0 saturated heterocycles. The van der Waals surface area contributed by atoms with E-state index < -0.39 is 11.6 Å². The van der Waals surface area contributed by atoms with Crippen LogP contribution in [-0.2, 0) is 6.54 Å². The minimum atomic E-state index is -0.650. The van der Waals surface area contributed by atoms with Gasteiger partial charge >= 0.3 is 0 Å². The van der Waals surface area contributed by atoms with Gasteiger partial charge < -0.3 is 11.1 Å². The summed E-state index contributed by atoms with van der Waals surface area (Å²) in [6.45, 7) is 2.49. The number of hydrogen-bond acceptors (Lipinski definition) is 5. The van der Waals surface area contributed by atoms with E-state index >= 15 is 0 Å². The number of nitrogen functional groups attached to an aromatic ring is 1. The van der Waals surface area contributed by atoms with Gasteiger partial charge in [0.25, 0.3) is 0 Å². The van der Waals surface area contributed by atoms with E-state index in [2.05, 4.69) is 15.4 Å². The summed E-state index contributed by atoms with van der Waals surface area (Å²) < 4.78 is 29.5. The van der Waals surface area contributed by atoms with Gasteiger partial charge in [-0.05, 0) is 30.7 Å². The zero-order chi connectivity index (χ0) is 22.9. The SMILES string of the molecule is Cc1cccc(-c2nc(NCc3ccccc3)nc3nn(-c4cc(F)ccc4F)c(N)c23)c1. The van der Waals surface area contributed by atoms with E-state index in [1.807, 2.05) is 61.5 Å². The Labute approximate surface area is 188 Å². The Balaban J connectivity index is 1.68. The van der Waals surface area contributed by atoms with E-state index in [0.29, 0.717) is 23.6 Å². The Morgan fingerprint density at radius 3 is 2.55 bits per heavy atom. The first-order valence-corrected chi connectivity index (χ1v) is 10.4. The average molecular weight is 442 g/mol. The fourth-order valence-corrected chi connectivity index (χ4v) is 3.70. The quantitative estimate of drug-likeness (QED) is 0.388. The van der Waals surface area contributed by atoms with Gasteiger partial charge in [0.05, 0.1) is 11.1 Å². The maximum atomic E-state index is 14.5. The van der Waals surface area contributed by atoms with E-state index in [1.165, 1.54) is 0 Å². The number of nitrogens with zero attached hydrogens (tertiary/aromatic N) is 4. The largest absolute Gasteiger partial charge is 0.383 e. The van der Waals surface area contributed by atoms with Crippen molar-refractivity contribution in [3.05, 3.63) is 95.6 Å². The molecule has 0 atom stereocenters. The van der Waals surface area contributed by atoms with Gasteiger partial charge in [-0.25, -0.2) is 18.4 Å².